The molecule has 0 fully saturated rings. The van der Waals surface area contributed by atoms with E-state index in [0.29, 0.717) is 12.6 Å². The van der Waals surface area contributed by atoms with E-state index >= 15 is 0 Å². The molecule has 0 aliphatic carbocycles. The van der Waals surface area contributed by atoms with Gasteiger partial charge in [-0.25, -0.2) is 0 Å². The van der Waals surface area contributed by atoms with E-state index in [9.17, 15) is 4.79 Å². The molecule has 0 heterocycles. The zero-order valence-corrected chi connectivity index (χ0v) is 18.0. The van der Waals surface area contributed by atoms with Gasteiger partial charge in [0.15, 0.2) is 5.96 Å². The van der Waals surface area contributed by atoms with Gasteiger partial charge in [0.1, 0.15) is 0 Å². The summed E-state index contributed by atoms with van der Waals surface area (Å²) in [5.41, 5.74) is 1.87. The second kappa shape index (κ2) is 12.4. The normalized spacial score (nSPS) is 12.8. The van der Waals surface area contributed by atoms with Crippen molar-refractivity contribution in [2.24, 2.45) is 10.9 Å². The molecule has 0 spiro atoms. The summed E-state index contributed by atoms with van der Waals surface area (Å²) in [5, 5.41) is 6.80. The third kappa shape index (κ3) is 8.46. The Balaban J connectivity index is 2.50. The fourth-order valence-corrected chi connectivity index (χ4v) is 2.98. The molecular formula is C22H38N4O. The van der Waals surface area contributed by atoms with Crippen molar-refractivity contribution in [1.82, 2.24) is 15.5 Å². The molecule has 2 N–H and O–H groups in total. The molecule has 0 radical (unpaired) electrons. The lowest BCUT2D eigenvalue weighted by atomic mass is 10.0. The zero-order valence-electron chi connectivity index (χ0n) is 18.0. The van der Waals surface area contributed by atoms with Crippen LogP contribution in [0.3, 0.4) is 0 Å². The van der Waals surface area contributed by atoms with E-state index in [1.165, 1.54) is 12.8 Å². The van der Waals surface area contributed by atoms with Crippen molar-refractivity contribution in [2.75, 3.05) is 20.1 Å². The summed E-state index contributed by atoms with van der Waals surface area (Å²) >= 11 is 0. The van der Waals surface area contributed by atoms with Crippen LogP contribution < -0.4 is 10.6 Å². The van der Waals surface area contributed by atoms with Gasteiger partial charge in [-0.05, 0) is 50.8 Å². The molecule has 152 valence electrons. The molecule has 5 nitrogen and oxygen atoms in total. The maximum atomic E-state index is 12.4. The quantitative estimate of drug-likeness (QED) is 0.480. The Bertz CT molecular complexity index is 576. The number of carbonyl (C=O) groups is 1. The van der Waals surface area contributed by atoms with Gasteiger partial charge in [0, 0.05) is 38.3 Å². The average molecular weight is 375 g/mol. The van der Waals surface area contributed by atoms with Crippen molar-refractivity contribution >= 4 is 11.9 Å². The lowest BCUT2D eigenvalue weighted by Gasteiger charge is -2.19. The van der Waals surface area contributed by atoms with Crippen LogP contribution >= 0.6 is 0 Å². The number of hydrogen-bond donors (Lipinski definition) is 2. The Morgan fingerprint density at radius 1 is 1.07 bits per heavy atom. The fraction of sp³-hybridized carbons (Fsp3) is 0.636. The molecule has 1 unspecified atom stereocenters. The molecule has 0 bridgehead atoms. The fourth-order valence-electron chi connectivity index (χ4n) is 2.98. The molecule has 0 aliphatic rings. The summed E-state index contributed by atoms with van der Waals surface area (Å²) in [7, 11) is 1.79. The first-order valence-electron chi connectivity index (χ1n) is 10.3. The van der Waals surface area contributed by atoms with Crippen molar-refractivity contribution in [2.45, 2.75) is 66.5 Å². The number of rotatable bonds is 10. The molecule has 1 aromatic rings. The standard InChI is InChI=1S/C22H38N4O/c1-7-26(8-2)21(27)20-14-12-19(13-15-20)16-24-22(23-6)25-18(5)11-9-10-17(3)4/h12-15,17-18H,7-11,16H2,1-6H3,(H2,23,24,25). The van der Waals surface area contributed by atoms with E-state index in [2.05, 4.69) is 36.4 Å². The summed E-state index contributed by atoms with van der Waals surface area (Å²) in [4.78, 5) is 18.5. The average Bonchev–Trinajstić information content (AvgIpc) is 2.66. The first-order valence-corrected chi connectivity index (χ1v) is 10.3. The summed E-state index contributed by atoms with van der Waals surface area (Å²) in [6.45, 7) is 12.9. The number of amides is 1. The van der Waals surface area contributed by atoms with E-state index in [-0.39, 0.29) is 5.91 Å². The number of aliphatic imine (C=N–C) groups is 1. The molecule has 1 amide bonds. The Morgan fingerprint density at radius 2 is 1.70 bits per heavy atom. The third-order valence-electron chi connectivity index (χ3n) is 4.74. The first-order chi connectivity index (χ1) is 12.9. The predicted molar refractivity (Wildman–Crippen MR) is 115 cm³/mol. The first kappa shape index (κ1) is 23.0. The molecule has 5 heteroatoms. The number of benzene rings is 1. The van der Waals surface area contributed by atoms with Gasteiger partial charge in [0.05, 0.1) is 0 Å². The maximum Gasteiger partial charge on any atom is 0.253 e. The summed E-state index contributed by atoms with van der Waals surface area (Å²) in [6.07, 6.45) is 3.63. The van der Waals surface area contributed by atoms with Crippen LogP contribution in [-0.4, -0.2) is 42.9 Å². The number of hydrogen-bond acceptors (Lipinski definition) is 2. The van der Waals surface area contributed by atoms with Crippen LogP contribution in [0.25, 0.3) is 0 Å². The topological polar surface area (TPSA) is 56.7 Å². The van der Waals surface area contributed by atoms with E-state index in [0.717, 1.165) is 42.5 Å². The van der Waals surface area contributed by atoms with Crippen LogP contribution in [0.2, 0.25) is 0 Å². The molecule has 0 saturated heterocycles. The second-order valence-corrected chi connectivity index (χ2v) is 7.47. The van der Waals surface area contributed by atoms with Gasteiger partial charge in [-0.1, -0.05) is 38.8 Å². The minimum atomic E-state index is 0.0900. The van der Waals surface area contributed by atoms with Crippen LogP contribution in [-0.2, 0) is 6.54 Å². The number of nitrogens with zero attached hydrogens (tertiary/aromatic N) is 2. The minimum absolute atomic E-state index is 0.0900. The van der Waals surface area contributed by atoms with E-state index in [4.69, 9.17) is 0 Å². The van der Waals surface area contributed by atoms with Crippen LogP contribution in [0.5, 0.6) is 0 Å². The molecule has 0 saturated carbocycles. The summed E-state index contributed by atoms with van der Waals surface area (Å²) in [6, 6.07) is 8.21. The van der Waals surface area contributed by atoms with Gasteiger partial charge in [0.25, 0.3) is 5.91 Å². The van der Waals surface area contributed by atoms with Gasteiger partial charge >= 0.3 is 0 Å². The molecule has 0 aromatic heterocycles. The second-order valence-electron chi connectivity index (χ2n) is 7.47. The lowest BCUT2D eigenvalue weighted by molar-refractivity contribution is 0.0773. The lowest BCUT2D eigenvalue weighted by Crippen LogP contribution is -2.41. The number of nitrogens with one attached hydrogen (secondary N) is 2. The van der Waals surface area contributed by atoms with Crippen LogP contribution in [0.15, 0.2) is 29.3 Å². The van der Waals surface area contributed by atoms with Crippen LogP contribution in [0, 0.1) is 5.92 Å². The molecule has 0 aliphatic heterocycles. The highest BCUT2D eigenvalue weighted by Crippen LogP contribution is 2.09. The molecule has 1 atom stereocenters. The van der Waals surface area contributed by atoms with E-state index in [1.54, 1.807) is 7.05 Å². The monoisotopic (exact) mass is 374 g/mol. The zero-order chi connectivity index (χ0) is 20.2. The van der Waals surface area contributed by atoms with E-state index in [1.807, 2.05) is 43.0 Å². The van der Waals surface area contributed by atoms with Crippen molar-refractivity contribution < 1.29 is 4.79 Å². The van der Waals surface area contributed by atoms with Crippen molar-refractivity contribution in [3.63, 3.8) is 0 Å². The summed E-state index contributed by atoms with van der Waals surface area (Å²) in [5.74, 6) is 1.66. The highest BCUT2D eigenvalue weighted by molar-refractivity contribution is 5.94. The van der Waals surface area contributed by atoms with Gasteiger partial charge in [-0.2, -0.15) is 0 Å². The van der Waals surface area contributed by atoms with E-state index < -0.39 is 0 Å². The molecule has 1 rings (SSSR count). The maximum absolute atomic E-state index is 12.4. The van der Waals surface area contributed by atoms with Gasteiger partial charge in [-0.3, -0.25) is 9.79 Å². The highest BCUT2D eigenvalue weighted by Gasteiger charge is 2.12. The Morgan fingerprint density at radius 3 is 2.22 bits per heavy atom. The smallest absolute Gasteiger partial charge is 0.253 e. The van der Waals surface area contributed by atoms with Gasteiger partial charge < -0.3 is 15.5 Å². The largest absolute Gasteiger partial charge is 0.354 e. The third-order valence-corrected chi connectivity index (χ3v) is 4.74. The minimum Gasteiger partial charge on any atom is -0.354 e. The van der Waals surface area contributed by atoms with Crippen molar-refractivity contribution in [3.05, 3.63) is 35.4 Å². The summed E-state index contributed by atoms with van der Waals surface area (Å²) < 4.78 is 0. The molecular weight excluding hydrogens is 336 g/mol. The van der Waals surface area contributed by atoms with Gasteiger partial charge in [-0.15, -0.1) is 0 Å². The van der Waals surface area contributed by atoms with Crippen LogP contribution in [0.1, 0.15) is 69.8 Å². The van der Waals surface area contributed by atoms with Crippen molar-refractivity contribution in [3.8, 4) is 0 Å². The molecule has 1 aromatic carbocycles. The SMILES string of the molecule is CCN(CC)C(=O)c1ccc(CNC(=NC)NC(C)CCCC(C)C)cc1. The van der Waals surface area contributed by atoms with Gasteiger partial charge in [0.2, 0.25) is 0 Å². The Labute approximate surface area is 165 Å². The number of carbonyl (C=O) groups excluding carboxylic acids is 1. The van der Waals surface area contributed by atoms with Crippen molar-refractivity contribution in [1.29, 1.82) is 0 Å². The van der Waals surface area contributed by atoms with Crippen LogP contribution in [0.4, 0.5) is 0 Å². The Kier molecular flexibility index (Phi) is 10.5. The highest BCUT2D eigenvalue weighted by atomic mass is 16.2. The Hall–Kier alpha value is -2.04. The predicted octanol–water partition coefficient (Wildman–Crippen LogP) is 4.05. The molecule has 27 heavy (non-hydrogen) atoms. The number of guanidine groups is 1.